The molecule has 7 nitrogen and oxygen atoms in total. The van der Waals surface area contributed by atoms with E-state index < -0.39 is 41.5 Å². The molecule has 3 aliphatic rings. The molecule has 1 saturated heterocycles. The molecular formula is C25H23F2N3O4. The smallest absolute Gasteiger partial charge is 0.277 e. The molecule has 34 heavy (non-hydrogen) atoms. The number of hydrogen-bond acceptors (Lipinski definition) is 6. The number of fused-ring (bicyclic) bond motifs is 5. The van der Waals surface area contributed by atoms with Crippen LogP contribution in [0, 0.1) is 11.6 Å². The second kappa shape index (κ2) is 8.58. The minimum absolute atomic E-state index is 0.0302. The summed E-state index contributed by atoms with van der Waals surface area (Å²) in [5.74, 6) is -3.32. The number of rotatable bonds is 1. The van der Waals surface area contributed by atoms with Crippen LogP contribution in [0.3, 0.4) is 0 Å². The first kappa shape index (κ1) is 22.1. The summed E-state index contributed by atoms with van der Waals surface area (Å²) < 4.78 is 35.0. The largest absolute Gasteiger partial charge is 0.507 e. The van der Waals surface area contributed by atoms with E-state index in [1.165, 1.54) is 28.3 Å². The molecule has 3 heterocycles. The van der Waals surface area contributed by atoms with Crippen molar-refractivity contribution in [1.82, 2.24) is 14.9 Å². The van der Waals surface area contributed by atoms with E-state index in [-0.39, 0.29) is 24.7 Å². The summed E-state index contributed by atoms with van der Waals surface area (Å²) in [5.41, 5.74) is 0.971. The normalized spacial score (nSPS) is 27.5. The molecule has 0 aliphatic carbocycles. The van der Waals surface area contributed by atoms with Crippen LogP contribution in [-0.4, -0.2) is 56.5 Å². The maximum Gasteiger partial charge on any atom is 0.277 e. The number of carbonyl (C=O) groups is 1. The standard InChI is InChI=1S/C25H23F2N3O4/c1-15-6-5-13-34-24-17(9-10-18(26)20(24)27)21(16-7-3-2-4-8-16)30-14-28(15)25(33)22-23(32)19(31)11-12-29(22)30/h2-12,15,19,21,31-32H,13-14H2,1H3/b6-5+/t15-,19?,21+/m1/s1. The van der Waals surface area contributed by atoms with Crippen LogP contribution in [-0.2, 0) is 4.79 Å². The highest BCUT2D eigenvalue weighted by Gasteiger charge is 2.44. The lowest BCUT2D eigenvalue weighted by atomic mass is 9.96. The van der Waals surface area contributed by atoms with Gasteiger partial charge in [0.2, 0.25) is 5.82 Å². The van der Waals surface area contributed by atoms with Crippen LogP contribution in [0.1, 0.15) is 24.1 Å². The molecule has 9 heteroatoms. The van der Waals surface area contributed by atoms with Gasteiger partial charge in [0.05, 0.1) is 12.7 Å². The van der Waals surface area contributed by atoms with Crippen LogP contribution in [0.5, 0.6) is 5.75 Å². The Hall–Kier alpha value is -3.69. The molecule has 176 valence electrons. The number of halogens is 2. The summed E-state index contributed by atoms with van der Waals surface area (Å²) in [5, 5.41) is 24.1. The van der Waals surface area contributed by atoms with Gasteiger partial charge in [-0.1, -0.05) is 42.5 Å². The predicted octanol–water partition coefficient (Wildman–Crippen LogP) is 3.37. The van der Waals surface area contributed by atoms with Gasteiger partial charge >= 0.3 is 0 Å². The van der Waals surface area contributed by atoms with Crippen molar-refractivity contribution in [3.05, 3.63) is 101 Å². The van der Waals surface area contributed by atoms with Crippen LogP contribution >= 0.6 is 0 Å². The third kappa shape index (κ3) is 3.53. The molecule has 5 rings (SSSR count). The number of nitrogens with zero attached hydrogens (tertiary/aromatic N) is 3. The van der Waals surface area contributed by atoms with E-state index in [1.807, 2.05) is 30.3 Å². The van der Waals surface area contributed by atoms with Gasteiger partial charge < -0.3 is 19.8 Å². The van der Waals surface area contributed by atoms with Gasteiger partial charge in [0.25, 0.3) is 5.91 Å². The number of aliphatic hydroxyl groups excluding tert-OH is 2. The van der Waals surface area contributed by atoms with Crippen LogP contribution < -0.4 is 4.74 Å². The van der Waals surface area contributed by atoms with Gasteiger partial charge in [-0.2, -0.15) is 9.40 Å². The van der Waals surface area contributed by atoms with Gasteiger partial charge in [0.1, 0.15) is 12.7 Å². The van der Waals surface area contributed by atoms with Crippen LogP contribution in [0.15, 0.2) is 78.3 Å². The molecule has 2 N–H and O–H groups in total. The molecule has 0 spiro atoms. The van der Waals surface area contributed by atoms with Crippen LogP contribution in [0.4, 0.5) is 8.78 Å². The monoisotopic (exact) mass is 467 g/mol. The van der Waals surface area contributed by atoms with E-state index in [0.717, 1.165) is 11.6 Å². The number of amides is 1. The Morgan fingerprint density at radius 1 is 1.09 bits per heavy atom. The van der Waals surface area contributed by atoms with Gasteiger partial charge in [-0.15, -0.1) is 0 Å². The number of ether oxygens (including phenoxy) is 1. The summed E-state index contributed by atoms with van der Waals surface area (Å²) >= 11 is 0. The van der Waals surface area contributed by atoms with Crippen molar-refractivity contribution in [2.75, 3.05) is 13.3 Å². The average Bonchev–Trinajstić information content (AvgIpc) is 2.86. The number of hydrogen-bond donors (Lipinski definition) is 2. The lowest BCUT2D eigenvalue weighted by molar-refractivity contribution is -0.152. The summed E-state index contributed by atoms with van der Waals surface area (Å²) in [7, 11) is 0. The van der Waals surface area contributed by atoms with E-state index in [2.05, 4.69) is 0 Å². The lowest BCUT2D eigenvalue weighted by Crippen LogP contribution is -2.60. The van der Waals surface area contributed by atoms with Gasteiger partial charge in [0.15, 0.2) is 23.0 Å². The molecule has 3 aliphatic heterocycles. The summed E-state index contributed by atoms with van der Waals surface area (Å²) in [6, 6.07) is 10.5. The fourth-order valence-corrected chi connectivity index (χ4v) is 4.50. The molecular weight excluding hydrogens is 444 g/mol. The average molecular weight is 467 g/mol. The van der Waals surface area contributed by atoms with Crippen molar-refractivity contribution in [3.8, 4) is 5.75 Å². The summed E-state index contributed by atoms with van der Waals surface area (Å²) in [4.78, 5) is 14.9. The van der Waals surface area contributed by atoms with E-state index in [1.54, 1.807) is 24.1 Å². The maximum absolute atomic E-state index is 15.0. The molecule has 0 saturated carbocycles. The minimum Gasteiger partial charge on any atom is -0.507 e. The second-order valence-electron chi connectivity index (χ2n) is 8.29. The minimum atomic E-state index is -1.34. The Morgan fingerprint density at radius 2 is 1.85 bits per heavy atom. The van der Waals surface area contributed by atoms with Crippen molar-refractivity contribution in [2.24, 2.45) is 0 Å². The first-order valence-corrected chi connectivity index (χ1v) is 10.9. The zero-order valence-corrected chi connectivity index (χ0v) is 18.3. The van der Waals surface area contributed by atoms with Gasteiger partial charge in [-0.25, -0.2) is 4.39 Å². The second-order valence-corrected chi connectivity index (χ2v) is 8.29. The topological polar surface area (TPSA) is 76.5 Å². The third-order valence-electron chi connectivity index (χ3n) is 6.22. The van der Waals surface area contributed by atoms with Crippen molar-refractivity contribution < 1.29 is 28.5 Å². The first-order valence-electron chi connectivity index (χ1n) is 10.9. The molecule has 0 aromatic heterocycles. The molecule has 2 aromatic carbocycles. The number of hydrazine groups is 1. The molecule has 1 fully saturated rings. The van der Waals surface area contributed by atoms with Gasteiger partial charge in [-0.3, -0.25) is 9.80 Å². The first-order chi connectivity index (χ1) is 16.4. The van der Waals surface area contributed by atoms with E-state index in [9.17, 15) is 19.4 Å². The van der Waals surface area contributed by atoms with Gasteiger partial charge in [0, 0.05) is 17.8 Å². The summed E-state index contributed by atoms with van der Waals surface area (Å²) in [6.45, 7) is 1.84. The zero-order valence-electron chi connectivity index (χ0n) is 18.3. The highest BCUT2D eigenvalue weighted by Crippen LogP contribution is 2.42. The predicted molar refractivity (Wildman–Crippen MR) is 119 cm³/mol. The lowest BCUT2D eigenvalue weighted by Gasteiger charge is -2.49. The Balaban J connectivity index is 1.78. The van der Waals surface area contributed by atoms with E-state index >= 15 is 4.39 Å². The fraction of sp³-hybridized carbons (Fsp3) is 0.240. The fourth-order valence-electron chi connectivity index (χ4n) is 4.50. The molecule has 4 atom stereocenters. The highest BCUT2D eigenvalue weighted by atomic mass is 19.2. The summed E-state index contributed by atoms with van der Waals surface area (Å²) in [6.07, 6.45) is 4.86. The number of benzene rings is 2. The molecule has 1 amide bonds. The Labute approximate surface area is 195 Å². The highest BCUT2D eigenvalue weighted by molar-refractivity contribution is 5.95. The maximum atomic E-state index is 15.0. The molecule has 2 unspecified atom stereocenters. The molecule has 0 radical (unpaired) electrons. The van der Waals surface area contributed by atoms with E-state index in [4.69, 9.17) is 4.74 Å². The Bertz CT molecular complexity index is 1210. The van der Waals surface area contributed by atoms with Gasteiger partial charge in [-0.05, 0) is 30.7 Å². The molecule has 2 aromatic rings. The Kier molecular flexibility index (Phi) is 5.59. The SMILES string of the molecule is C[C@@H]1/C=C/COc2c(ccc(F)c2F)[C@H](c2ccccc2)N2CN1C(=O)C1=C(O)C(O)C=CN12. The number of aliphatic hydroxyl groups is 2. The van der Waals surface area contributed by atoms with Crippen molar-refractivity contribution in [2.45, 2.75) is 25.1 Å². The van der Waals surface area contributed by atoms with Crippen molar-refractivity contribution in [3.63, 3.8) is 0 Å². The van der Waals surface area contributed by atoms with Crippen molar-refractivity contribution in [1.29, 1.82) is 0 Å². The van der Waals surface area contributed by atoms with Crippen LogP contribution in [0.2, 0.25) is 0 Å². The zero-order chi connectivity index (χ0) is 24.0. The van der Waals surface area contributed by atoms with Crippen LogP contribution in [0.25, 0.3) is 0 Å². The van der Waals surface area contributed by atoms with E-state index in [0.29, 0.717) is 5.56 Å². The Morgan fingerprint density at radius 3 is 2.62 bits per heavy atom. The molecule has 2 bridgehead atoms. The number of carbonyl (C=O) groups excluding carboxylic acids is 1. The van der Waals surface area contributed by atoms with Crippen molar-refractivity contribution >= 4 is 5.91 Å². The third-order valence-corrected chi connectivity index (χ3v) is 6.22. The quantitative estimate of drug-likeness (QED) is 0.627.